The van der Waals surface area contributed by atoms with Gasteiger partial charge in [0, 0.05) is 6.42 Å². The molecule has 4 nitrogen and oxygen atoms in total. The van der Waals surface area contributed by atoms with E-state index in [9.17, 15) is 9.59 Å². The summed E-state index contributed by atoms with van der Waals surface area (Å²) in [6, 6.07) is 0. The number of ether oxygens (including phenoxy) is 1. The molecule has 0 aromatic rings. The second-order valence-corrected chi connectivity index (χ2v) is 6.78. The third kappa shape index (κ3) is 15.8. The molecule has 1 atom stereocenters. The Bertz CT molecular complexity index is 315. The molecule has 0 rings (SSSR count). The molecule has 0 saturated heterocycles. The fourth-order valence-corrected chi connectivity index (χ4v) is 2.84. The van der Waals surface area contributed by atoms with E-state index in [-0.39, 0.29) is 12.4 Å². The van der Waals surface area contributed by atoms with Crippen molar-refractivity contribution in [3.8, 4) is 0 Å². The Balaban J connectivity index is 3.84. The highest BCUT2D eigenvalue weighted by Gasteiger charge is 2.17. The monoisotopic (exact) mass is 342 g/mol. The number of hydrogen-bond acceptors (Lipinski definition) is 3. The predicted molar refractivity (Wildman–Crippen MR) is 98.1 cm³/mol. The Kier molecular flexibility index (Phi) is 16.0. The molecule has 0 bridgehead atoms. The molecule has 0 aliphatic carbocycles. The third-order valence-electron chi connectivity index (χ3n) is 4.31. The molecule has 4 heteroatoms. The van der Waals surface area contributed by atoms with Crippen LogP contribution in [0.5, 0.6) is 0 Å². The zero-order valence-electron chi connectivity index (χ0n) is 15.9. The van der Waals surface area contributed by atoms with Gasteiger partial charge in [0.05, 0.1) is 6.42 Å². The van der Waals surface area contributed by atoms with Crippen molar-refractivity contribution in [2.45, 2.75) is 116 Å². The van der Waals surface area contributed by atoms with Gasteiger partial charge in [-0.15, -0.1) is 0 Å². The summed E-state index contributed by atoms with van der Waals surface area (Å²) in [5.74, 6) is -1.13. The summed E-state index contributed by atoms with van der Waals surface area (Å²) in [7, 11) is 0. The smallest absolute Gasteiger partial charge is 0.307 e. The van der Waals surface area contributed by atoms with Gasteiger partial charge in [-0.3, -0.25) is 9.59 Å². The van der Waals surface area contributed by atoms with Crippen molar-refractivity contribution in [3.05, 3.63) is 0 Å². The molecular weight excluding hydrogens is 304 g/mol. The number of carboxylic acid groups (broad SMARTS) is 1. The van der Waals surface area contributed by atoms with E-state index in [0.717, 1.165) is 38.5 Å². The van der Waals surface area contributed by atoms with Crippen LogP contribution >= 0.6 is 0 Å². The van der Waals surface area contributed by atoms with Crippen molar-refractivity contribution < 1.29 is 19.4 Å². The van der Waals surface area contributed by atoms with Gasteiger partial charge in [0.2, 0.25) is 0 Å². The van der Waals surface area contributed by atoms with Gasteiger partial charge in [-0.05, 0) is 19.3 Å². The minimum atomic E-state index is -0.890. The summed E-state index contributed by atoms with van der Waals surface area (Å²) in [5.41, 5.74) is 0. The number of carbonyl (C=O) groups is 2. The predicted octanol–water partition coefficient (Wildman–Crippen LogP) is 5.87. The maximum atomic E-state index is 11.8. The summed E-state index contributed by atoms with van der Waals surface area (Å²) in [6.07, 6.45) is 14.3. The lowest BCUT2D eigenvalue weighted by atomic mass is 10.0. The Morgan fingerprint density at radius 2 is 1.29 bits per heavy atom. The molecule has 0 saturated carbocycles. The molecular formula is C20H38O4. The van der Waals surface area contributed by atoms with E-state index in [0.29, 0.717) is 12.8 Å². The zero-order chi connectivity index (χ0) is 18.0. The minimum Gasteiger partial charge on any atom is -0.481 e. The van der Waals surface area contributed by atoms with E-state index in [2.05, 4.69) is 13.8 Å². The maximum absolute atomic E-state index is 11.8. The summed E-state index contributed by atoms with van der Waals surface area (Å²) in [5, 5.41) is 8.97. The topological polar surface area (TPSA) is 63.6 Å². The number of carboxylic acids is 1. The van der Waals surface area contributed by atoms with Crippen LogP contribution in [0.25, 0.3) is 0 Å². The molecule has 0 spiro atoms. The van der Waals surface area contributed by atoms with E-state index < -0.39 is 12.1 Å². The Morgan fingerprint density at radius 1 is 0.792 bits per heavy atom. The van der Waals surface area contributed by atoms with Crippen LogP contribution in [0.2, 0.25) is 0 Å². The van der Waals surface area contributed by atoms with Crippen LogP contribution in [0.3, 0.4) is 0 Å². The van der Waals surface area contributed by atoms with Crippen molar-refractivity contribution in [1.29, 1.82) is 0 Å². The standard InChI is InChI=1S/C20H38O4/c1-3-5-7-9-10-11-12-13-15-18(17-19(21)22)24-20(23)16-14-8-6-4-2/h18H,3-17H2,1-2H3,(H,21,22). The van der Waals surface area contributed by atoms with Gasteiger partial charge in [0.25, 0.3) is 0 Å². The van der Waals surface area contributed by atoms with Gasteiger partial charge in [0.1, 0.15) is 6.10 Å². The summed E-state index contributed by atoms with van der Waals surface area (Å²) < 4.78 is 5.38. The van der Waals surface area contributed by atoms with Crippen molar-refractivity contribution in [2.75, 3.05) is 0 Å². The van der Waals surface area contributed by atoms with Crippen molar-refractivity contribution in [2.24, 2.45) is 0 Å². The average Bonchev–Trinajstić information content (AvgIpc) is 2.53. The number of unbranched alkanes of at least 4 members (excludes halogenated alkanes) is 10. The van der Waals surface area contributed by atoms with Crippen LogP contribution in [-0.4, -0.2) is 23.1 Å². The zero-order valence-corrected chi connectivity index (χ0v) is 15.9. The first-order valence-electron chi connectivity index (χ1n) is 10.0. The summed E-state index contributed by atoms with van der Waals surface area (Å²) >= 11 is 0. The highest BCUT2D eigenvalue weighted by Crippen LogP contribution is 2.15. The molecule has 0 radical (unpaired) electrons. The number of hydrogen-bond donors (Lipinski definition) is 1. The molecule has 0 aromatic carbocycles. The van der Waals surface area contributed by atoms with Crippen LogP contribution < -0.4 is 0 Å². The molecule has 0 amide bonds. The SMILES string of the molecule is CCCCCCCCCCC(CC(=O)O)OC(=O)CCCCCC. The normalized spacial score (nSPS) is 12.1. The fourth-order valence-electron chi connectivity index (χ4n) is 2.84. The van der Waals surface area contributed by atoms with Crippen molar-refractivity contribution in [3.63, 3.8) is 0 Å². The van der Waals surface area contributed by atoms with Crippen molar-refractivity contribution >= 4 is 11.9 Å². The van der Waals surface area contributed by atoms with E-state index in [4.69, 9.17) is 9.84 Å². The molecule has 0 fully saturated rings. The molecule has 0 heterocycles. The van der Waals surface area contributed by atoms with Crippen LogP contribution in [-0.2, 0) is 14.3 Å². The lowest BCUT2D eigenvalue weighted by Gasteiger charge is -2.16. The third-order valence-corrected chi connectivity index (χ3v) is 4.31. The second kappa shape index (κ2) is 16.8. The van der Waals surface area contributed by atoms with Crippen LogP contribution in [0.1, 0.15) is 110 Å². The molecule has 24 heavy (non-hydrogen) atoms. The lowest BCUT2D eigenvalue weighted by Crippen LogP contribution is -2.21. The summed E-state index contributed by atoms with van der Waals surface area (Å²) in [4.78, 5) is 22.8. The number of aliphatic carboxylic acids is 1. The Hall–Kier alpha value is -1.06. The number of rotatable bonds is 17. The van der Waals surface area contributed by atoms with Gasteiger partial charge in [-0.25, -0.2) is 0 Å². The maximum Gasteiger partial charge on any atom is 0.307 e. The largest absolute Gasteiger partial charge is 0.481 e. The quantitative estimate of drug-likeness (QED) is 0.265. The van der Waals surface area contributed by atoms with E-state index in [1.807, 2.05) is 0 Å². The van der Waals surface area contributed by atoms with Crippen LogP contribution in [0, 0.1) is 0 Å². The minimum absolute atomic E-state index is 0.0722. The Morgan fingerprint density at radius 3 is 1.83 bits per heavy atom. The van der Waals surface area contributed by atoms with E-state index in [1.54, 1.807) is 0 Å². The first kappa shape index (κ1) is 22.9. The van der Waals surface area contributed by atoms with Gasteiger partial charge in [0.15, 0.2) is 0 Å². The first-order valence-corrected chi connectivity index (χ1v) is 10.0. The van der Waals surface area contributed by atoms with Crippen LogP contribution in [0.15, 0.2) is 0 Å². The van der Waals surface area contributed by atoms with E-state index in [1.165, 1.54) is 38.5 Å². The van der Waals surface area contributed by atoms with Gasteiger partial charge in [-0.1, -0.05) is 78.1 Å². The van der Waals surface area contributed by atoms with Crippen LogP contribution in [0.4, 0.5) is 0 Å². The fraction of sp³-hybridized carbons (Fsp3) is 0.900. The second-order valence-electron chi connectivity index (χ2n) is 6.78. The van der Waals surface area contributed by atoms with Gasteiger partial charge < -0.3 is 9.84 Å². The molecule has 0 aromatic heterocycles. The molecule has 142 valence electrons. The molecule has 1 unspecified atom stereocenters. The summed E-state index contributed by atoms with van der Waals surface area (Å²) in [6.45, 7) is 4.35. The highest BCUT2D eigenvalue weighted by molar-refractivity contribution is 5.71. The van der Waals surface area contributed by atoms with Gasteiger partial charge >= 0.3 is 11.9 Å². The Labute approximate surface area is 148 Å². The number of esters is 1. The average molecular weight is 343 g/mol. The first-order chi connectivity index (χ1) is 11.6. The van der Waals surface area contributed by atoms with Crippen molar-refractivity contribution in [1.82, 2.24) is 0 Å². The lowest BCUT2D eigenvalue weighted by molar-refractivity contribution is -0.153. The highest BCUT2D eigenvalue weighted by atomic mass is 16.5. The molecule has 0 aliphatic heterocycles. The van der Waals surface area contributed by atoms with Gasteiger partial charge in [-0.2, -0.15) is 0 Å². The molecule has 1 N–H and O–H groups in total. The van der Waals surface area contributed by atoms with E-state index >= 15 is 0 Å². The molecule has 0 aliphatic rings. The number of carbonyl (C=O) groups excluding carboxylic acids is 1.